The first-order valence-corrected chi connectivity index (χ1v) is 10.7. The molecular formula is C24H25ClN6O2. The summed E-state index contributed by atoms with van der Waals surface area (Å²) in [5.74, 6) is 0.387. The van der Waals surface area contributed by atoms with Crippen molar-refractivity contribution < 1.29 is 9.59 Å². The zero-order valence-electron chi connectivity index (χ0n) is 17.9. The Bertz CT molecular complexity index is 1170. The Kier molecular flexibility index (Phi) is 6.76. The zero-order valence-corrected chi connectivity index (χ0v) is 18.7. The maximum Gasteiger partial charge on any atom is 0.323 e. The van der Waals surface area contributed by atoms with E-state index in [1.807, 2.05) is 18.2 Å². The highest BCUT2D eigenvalue weighted by atomic mass is 35.5. The number of hydrogen-bond donors (Lipinski definition) is 5. The number of carbonyl (C=O) groups is 2. The van der Waals surface area contributed by atoms with Gasteiger partial charge in [0.05, 0.1) is 29.5 Å². The highest BCUT2D eigenvalue weighted by Gasteiger charge is 2.24. The lowest BCUT2D eigenvalue weighted by molar-refractivity contribution is -0.110. The first kappa shape index (κ1) is 22.6. The van der Waals surface area contributed by atoms with Gasteiger partial charge in [0.2, 0.25) is 0 Å². The molecular weight excluding hydrogens is 440 g/mol. The van der Waals surface area contributed by atoms with E-state index in [1.54, 1.807) is 30.7 Å². The van der Waals surface area contributed by atoms with Crippen LogP contribution in [0.25, 0.3) is 11.6 Å². The van der Waals surface area contributed by atoms with Crippen LogP contribution in [-0.4, -0.2) is 35.0 Å². The fourth-order valence-electron chi connectivity index (χ4n) is 4.20. The second-order valence-electron chi connectivity index (χ2n) is 8.00. The normalized spacial score (nSPS) is 16.6. The van der Waals surface area contributed by atoms with Gasteiger partial charge >= 0.3 is 6.03 Å². The minimum Gasteiger partial charge on any atom is -0.345 e. The minimum absolute atomic E-state index is 0. The molecule has 3 aromatic rings. The first-order valence-electron chi connectivity index (χ1n) is 10.7. The van der Waals surface area contributed by atoms with Gasteiger partial charge in [-0.2, -0.15) is 0 Å². The number of aromatic nitrogens is 2. The van der Waals surface area contributed by atoms with E-state index in [2.05, 4.69) is 43.4 Å². The maximum atomic E-state index is 12.5. The Labute approximate surface area is 197 Å². The number of fused-ring (bicyclic) bond motifs is 1. The molecule has 0 spiro atoms. The van der Waals surface area contributed by atoms with Gasteiger partial charge < -0.3 is 26.3 Å². The monoisotopic (exact) mass is 464 g/mol. The van der Waals surface area contributed by atoms with E-state index in [4.69, 9.17) is 0 Å². The highest BCUT2D eigenvalue weighted by molar-refractivity contribution is 6.35. The summed E-state index contributed by atoms with van der Waals surface area (Å²) in [6.07, 6.45) is 7.24. The summed E-state index contributed by atoms with van der Waals surface area (Å²) in [4.78, 5) is 31.8. The van der Waals surface area contributed by atoms with Crippen LogP contribution < -0.4 is 21.3 Å². The number of carbonyl (C=O) groups excluding carboxylic acids is 2. The van der Waals surface area contributed by atoms with Crippen LogP contribution in [0, 0.1) is 0 Å². The Hall–Kier alpha value is -3.62. The smallest absolute Gasteiger partial charge is 0.323 e. The fourth-order valence-corrected chi connectivity index (χ4v) is 4.20. The average Bonchev–Trinajstić information content (AvgIpc) is 3.43. The van der Waals surface area contributed by atoms with Crippen molar-refractivity contribution in [3.05, 3.63) is 71.8 Å². The fraction of sp³-hybridized carbons (Fsp3) is 0.208. The second-order valence-corrected chi connectivity index (χ2v) is 8.00. The molecule has 0 atom stereocenters. The summed E-state index contributed by atoms with van der Waals surface area (Å²) in [5, 5.41) is 11.9. The summed E-state index contributed by atoms with van der Waals surface area (Å²) in [6.45, 7) is 2.10. The number of imidazole rings is 1. The Morgan fingerprint density at radius 2 is 1.76 bits per heavy atom. The molecule has 1 aromatic heterocycles. The van der Waals surface area contributed by atoms with Crippen molar-refractivity contribution in [2.24, 2.45) is 0 Å². The molecule has 0 aliphatic carbocycles. The van der Waals surface area contributed by atoms with Crippen LogP contribution in [0.2, 0.25) is 0 Å². The van der Waals surface area contributed by atoms with E-state index in [1.165, 1.54) is 5.56 Å². The van der Waals surface area contributed by atoms with Crippen molar-refractivity contribution in [1.82, 2.24) is 15.3 Å². The number of H-pyrrole nitrogens is 1. The molecule has 33 heavy (non-hydrogen) atoms. The Morgan fingerprint density at radius 3 is 2.48 bits per heavy atom. The number of halogens is 1. The molecule has 0 bridgehead atoms. The quantitative estimate of drug-likeness (QED) is 0.367. The summed E-state index contributed by atoms with van der Waals surface area (Å²) in [7, 11) is 0. The van der Waals surface area contributed by atoms with Crippen LogP contribution in [0.15, 0.2) is 55.0 Å². The molecule has 5 rings (SSSR count). The van der Waals surface area contributed by atoms with Gasteiger partial charge in [0.25, 0.3) is 5.91 Å². The van der Waals surface area contributed by atoms with Gasteiger partial charge in [0, 0.05) is 16.9 Å². The number of rotatable bonds is 4. The van der Waals surface area contributed by atoms with Crippen LogP contribution in [0.4, 0.5) is 21.9 Å². The predicted octanol–water partition coefficient (Wildman–Crippen LogP) is 4.44. The van der Waals surface area contributed by atoms with Crippen molar-refractivity contribution in [3.63, 3.8) is 0 Å². The third-order valence-electron chi connectivity index (χ3n) is 5.86. The number of hydrogen-bond acceptors (Lipinski definition) is 4. The Balaban J connectivity index is 0.00000259. The highest BCUT2D eigenvalue weighted by Crippen LogP contribution is 2.35. The van der Waals surface area contributed by atoms with Crippen LogP contribution in [0.5, 0.6) is 0 Å². The molecule has 8 nitrogen and oxygen atoms in total. The first-order chi connectivity index (χ1) is 15.7. The molecule has 170 valence electrons. The van der Waals surface area contributed by atoms with E-state index in [-0.39, 0.29) is 24.3 Å². The second kappa shape index (κ2) is 9.89. The van der Waals surface area contributed by atoms with Crippen LogP contribution >= 0.6 is 12.4 Å². The predicted molar refractivity (Wildman–Crippen MR) is 133 cm³/mol. The molecule has 0 saturated carbocycles. The zero-order chi connectivity index (χ0) is 21.9. The molecule has 5 N–H and O–H groups in total. The number of nitrogens with one attached hydrogen (secondary N) is 5. The van der Waals surface area contributed by atoms with Crippen molar-refractivity contribution in [2.75, 3.05) is 29.0 Å². The van der Waals surface area contributed by atoms with Crippen LogP contribution in [-0.2, 0) is 4.79 Å². The van der Waals surface area contributed by atoms with Crippen molar-refractivity contribution in [1.29, 1.82) is 0 Å². The van der Waals surface area contributed by atoms with Gasteiger partial charge in [-0.05, 0) is 67.8 Å². The lowest BCUT2D eigenvalue weighted by Crippen LogP contribution is -2.26. The van der Waals surface area contributed by atoms with Gasteiger partial charge in [0.15, 0.2) is 0 Å². The molecule has 3 heterocycles. The number of benzene rings is 2. The molecule has 2 aliphatic heterocycles. The number of nitrogens with zero attached hydrogens (tertiary/aromatic N) is 1. The number of anilines is 3. The molecule has 2 aromatic carbocycles. The number of amides is 3. The van der Waals surface area contributed by atoms with Gasteiger partial charge in [-0.1, -0.05) is 18.2 Å². The van der Waals surface area contributed by atoms with E-state index in [0.29, 0.717) is 22.9 Å². The lowest BCUT2D eigenvalue weighted by Gasteiger charge is -2.23. The third-order valence-corrected chi connectivity index (χ3v) is 5.86. The summed E-state index contributed by atoms with van der Waals surface area (Å²) in [6, 6.07) is 13.1. The molecule has 2 aliphatic rings. The Morgan fingerprint density at radius 1 is 1.03 bits per heavy atom. The van der Waals surface area contributed by atoms with E-state index in [9.17, 15) is 9.59 Å². The van der Waals surface area contributed by atoms with E-state index >= 15 is 0 Å². The topological polar surface area (TPSA) is 111 Å². The molecule has 0 unspecified atom stereocenters. The van der Waals surface area contributed by atoms with Gasteiger partial charge in [-0.3, -0.25) is 4.79 Å². The van der Waals surface area contributed by atoms with Crippen molar-refractivity contribution >= 4 is 53.1 Å². The molecule has 1 fully saturated rings. The molecule has 0 radical (unpaired) electrons. The van der Waals surface area contributed by atoms with Gasteiger partial charge in [-0.25, -0.2) is 9.78 Å². The van der Waals surface area contributed by atoms with Crippen LogP contribution in [0.1, 0.15) is 35.6 Å². The standard InChI is InChI=1S/C24H24N6O2.ClH/c31-23-21(11-19-13-26-14-27-19)20-6-5-18(12-22(20)30-23)29-24(32)28-17-3-1-15(2-4-17)16-7-9-25-10-8-16;/h1-6,11-14,16,25H,7-10H2,(H,26,27)(H,30,31)(H2,28,29,32);1H/b21-11-;. The lowest BCUT2D eigenvalue weighted by atomic mass is 9.90. The number of urea groups is 1. The van der Waals surface area contributed by atoms with Crippen molar-refractivity contribution in [3.8, 4) is 0 Å². The maximum absolute atomic E-state index is 12.5. The van der Waals surface area contributed by atoms with E-state index in [0.717, 1.165) is 42.9 Å². The SMILES string of the molecule is Cl.O=C(Nc1ccc(C2CCNCC2)cc1)Nc1ccc2c(c1)NC(=O)/C2=C\c1cnc[nH]1. The number of piperidine rings is 1. The minimum atomic E-state index is -0.336. The van der Waals surface area contributed by atoms with Crippen LogP contribution in [0.3, 0.4) is 0 Å². The van der Waals surface area contributed by atoms with Gasteiger partial charge in [0.1, 0.15) is 0 Å². The molecule has 3 amide bonds. The molecule has 1 saturated heterocycles. The summed E-state index contributed by atoms with van der Waals surface area (Å²) < 4.78 is 0. The summed E-state index contributed by atoms with van der Waals surface area (Å²) in [5.41, 5.74) is 5.37. The number of aromatic amines is 1. The van der Waals surface area contributed by atoms with E-state index < -0.39 is 0 Å². The average molecular weight is 465 g/mol. The largest absolute Gasteiger partial charge is 0.345 e. The summed E-state index contributed by atoms with van der Waals surface area (Å²) >= 11 is 0. The third kappa shape index (κ3) is 5.08. The van der Waals surface area contributed by atoms with Crippen molar-refractivity contribution in [2.45, 2.75) is 18.8 Å². The van der Waals surface area contributed by atoms with Gasteiger partial charge in [-0.15, -0.1) is 12.4 Å². The molecule has 9 heteroatoms.